The van der Waals surface area contributed by atoms with Crippen LogP contribution in [-0.4, -0.2) is 16.5 Å². The zero-order chi connectivity index (χ0) is 10.5. The zero-order valence-corrected chi connectivity index (χ0v) is 8.38. The van der Waals surface area contributed by atoms with Crippen molar-refractivity contribution in [3.8, 4) is 0 Å². The molecule has 0 aliphatic carbocycles. The molecule has 2 N–H and O–H groups in total. The summed E-state index contributed by atoms with van der Waals surface area (Å²) in [5.74, 6) is 0.161. The Labute approximate surface area is 89.0 Å². The van der Waals surface area contributed by atoms with E-state index < -0.39 is 0 Å². The molecular formula is C12H13N3. The molecule has 0 aliphatic heterocycles. The molecule has 0 saturated heterocycles. The zero-order valence-electron chi connectivity index (χ0n) is 8.38. The third-order valence-corrected chi connectivity index (χ3v) is 2.40. The van der Waals surface area contributed by atoms with Crippen LogP contribution in [0.15, 0.2) is 48.9 Å². The van der Waals surface area contributed by atoms with Crippen LogP contribution < -0.4 is 5.73 Å². The standard InChI is InChI=1S/C12H13N3/c13-8-11(10-4-2-1-3-5-10)12-6-7-14-9-15-12/h1-7,9,11H,8,13H2. The number of hydrogen-bond donors (Lipinski definition) is 1. The third-order valence-electron chi connectivity index (χ3n) is 2.40. The fourth-order valence-corrected chi connectivity index (χ4v) is 1.62. The molecule has 1 unspecified atom stereocenters. The Morgan fingerprint density at radius 1 is 1.13 bits per heavy atom. The van der Waals surface area contributed by atoms with Gasteiger partial charge in [0.1, 0.15) is 6.33 Å². The van der Waals surface area contributed by atoms with E-state index in [4.69, 9.17) is 5.73 Å². The maximum Gasteiger partial charge on any atom is 0.115 e. The lowest BCUT2D eigenvalue weighted by Crippen LogP contribution is -2.15. The fraction of sp³-hybridized carbons (Fsp3) is 0.167. The Morgan fingerprint density at radius 3 is 2.53 bits per heavy atom. The third kappa shape index (κ3) is 2.19. The number of nitrogens with zero attached hydrogens (tertiary/aromatic N) is 2. The van der Waals surface area contributed by atoms with Gasteiger partial charge >= 0.3 is 0 Å². The second-order valence-corrected chi connectivity index (χ2v) is 3.33. The van der Waals surface area contributed by atoms with Gasteiger partial charge in [-0.15, -0.1) is 0 Å². The van der Waals surface area contributed by atoms with E-state index in [1.54, 1.807) is 12.5 Å². The number of nitrogens with two attached hydrogens (primary N) is 1. The second kappa shape index (κ2) is 4.66. The van der Waals surface area contributed by atoms with Gasteiger partial charge in [-0.05, 0) is 11.6 Å². The quantitative estimate of drug-likeness (QED) is 0.816. The van der Waals surface area contributed by atoms with E-state index in [0.29, 0.717) is 6.54 Å². The molecule has 76 valence electrons. The smallest absolute Gasteiger partial charge is 0.115 e. The van der Waals surface area contributed by atoms with Crippen molar-refractivity contribution < 1.29 is 0 Å². The van der Waals surface area contributed by atoms with E-state index in [1.807, 2.05) is 24.3 Å². The van der Waals surface area contributed by atoms with Gasteiger partial charge in [-0.1, -0.05) is 30.3 Å². The number of benzene rings is 1. The lowest BCUT2D eigenvalue weighted by Gasteiger charge is -2.13. The van der Waals surface area contributed by atoms with E-state index in [1.165, 1.54) is 5.56 Å². The maximum absolute atomic E-state index is 5.78. The van der Waals surface area contributed by atoms with Crippen LogP contribution in [0.2, 0.25) is 0 Å². The molecule has 0 saturated carbocycles. The van der Waals surface area contributed by atoms with Crippen molar-refractivity contribution in [1.82, 2.24) is 9.97 Å². The topological polar surface area (TPSA) is 51.8 Å². The minimum Gasteiger partial charge on any atom is -0.329 e. The van der Waals surface area contributed by atoms with Crippen LogP contribution in [0, 0.1) is 0 Å². The van der Waals surface area contributed by atoms with Gasteiger partial charge in [-0.25, -0.2) is 9.97 Å². The molecule has 2 aromatic rings. The average molecular weight is 199 g/mol. The largest absolute Gasteiger partial charge is 0.329 e. The molecule has 0 spiro atoms. The van der Waals surface area contributed by atoms with Crippen molar-refractivity contribution in [2.75, 3.05) is 6.54 Å². The van der Waals surface area contributed by atoms with Crippen LogP contribution in [0.4, 0.5) is 0 Å². The van der Waals surface area contributed by atoms with Gasteiger partial charge in [0.25, 0.3) is 0 Å². The van der Waals surface area contributed by atoms with E-state index in [2.05, 4.69) is 22.1 Å². The van der Waals surface area contributed by atoms with Crippen molar-refractivity contribution in [3.05, 3.63) is 60.2 Å². The molecule has 0 bridgehead atoms. The molecule has 0 aliphatic rings. The SMILES string of the molecule is NCC(c1ccccc1)c1ccncn1. The van der Waals surface area contributed by atoms with Crippen molar-refractivity contribution in [2.45, 2.75) is 5.92 Å². The van der Waals surface area contributed by atoms with Crippen LogP contribution in [0.3, 0.4) is 0 Å². The summed E-state index contributed by atoms with van der Waals surface area (Å²) in [4.78, 5) is 8.14. The highest BCUT2D eigenvalue weighted by Crippen LogP contribution is 2.20. The molecule has 1 heterocycles. The summed E-state index contributed by atoms with van der Waals surface area (Å²) in [5.41, 5.74) is 7.94. The van der Waals surface area contributed by atoms with Crippen molar-refractivity contribution in [3.63, 3.8) is 0 Å². The monoisotopic (exact) mass is 199 g/mol. The summed E-state index contributed by atoms with van der Waals surface area (Å²) in [7, 11) is 0. The highest BCUT2D eigenvalue weighted by molar-refractivity contribution is 5.27. The highest BCUT2D eigenvalue weighted by atomic mass is 14.8. The Hall–Kier alpha value is -1.74. The molecule has 0 amide bonds. The summed E-state index contributed by atoms with van der Waals surface area (Å²) in [6.07, 6.45) is 3.30. The van der Waals surface area contributed by atoms with Gasteiger partial charge in [-0.2, -0.15) is 0 Å². The summed E-state index contributed by atoms with van der Waals surface area (Å²) in [6, 6.07) is 12.1. The summed E-state index contributed by atoms with van der Waals surface area (Å²) < 4.78 is 0. The van der Waals surface area contributed by atoms with Gasteiger partial charge in [-0.3, -0.25) is 0 Å². The summed E-state index contributed by atoms with van der Waals surface area (Å²) in [5, 5.41) is 0. The lowest BCUT2D eigenvalue weighted by molar-refractivity contribution is 0.781. The van der Waals surface area contributed by atoms with E-state index >= 15 is 0 Å². The van der Waals surface area contributed by atoms with Crippen molar-refractivity contribution in [2.24, 2.45) is 5.73 Å². The molecule has 3 heteroatoms. The second-order valence-electron chi connectivity index (χ2n) is 3.33. The molecule has 15 heavy (non-hydrogen) atoms. The molecule has 1 atom stereocenters. The van der Waals surface area contributed by atoms with Gasteiger partial charge in [0.15, 0.2) is 0 Å². The Morgan fingerprint density at radius 2 is 1.93 bits per heavy atom. The molecular weight excluding hydrogens is 186 g/mol. The normalized spacial score (nSPS) is 12.3. The minimum atomic E-state index is 0.161. The first-order valence-corrected chi connectivity index (χ1v) is 4.92. The molecule has 0 radical (unpaired) electrons. The van der Waals surface area contributed by atoms with Crippen LogP contribution >= 0.6 is 0 Å². The van der Waals surface area contributed by atoms with E-state index in [9.17, 15) is 0 Å². The van der Waals surface area contributed by atoms with Crippen LogP contribution in [0.25, 0.3) is 0 Å². The Bertz CT molecular complexity index is 360. The van der Waals surface area contributed by atoms with Gasteiger partial charge in [0.05, 0.1) is 5.69 Å². The highest BCUT2D eigenvalue weighted by Gasteiger charge is 2.12. The Balaban J connectivity index is 2.34. The molecule has 2 rings (SSSR count). The first kappa shape index (κ1) is 9.80. The summed E-state index contributed by atoms with van der Waals surface area (Å²) in [6.45, 7) is 0.557. The van der Waals surface area contributed by atoms with Crippen LogP contribution in [-0.2, 0) is 0 Å². The molecule has 0 fully saturated rings. The van der Waals surface area contributed by atoms with Crippen LogP contribution in [0.5, 0.6) is 0 Å². The minimum absolute atomic E-state index is 0.161. The first-order chi connectivity index (χ1) is 7.42. The predicted molar refractivity (Wildman–Crippen MR) is 59.4 cm³/mol. The molecule has 1 aromatic carbocycles. The lowest BCUT2D eigenvalue weighted by atomic mass is 9.96. The first-order valence-electron chi connectivity index (χ1n) is 4.92. The Kier molecular flexibility index (Phi) is 3.05. The van der Waals surface area contributed by atoms with Gasteiger partial charge in [0, 0.05) is 18.7 Å². The maximum atomic E-state index is 5.78. The van der Waals surface area contributed by atoms with Gasteiger partial charge in [0.2, 0.25) is 0 Å². The van der Waals surface area contributed by atoms with Crippen LogP contribution in [0.1, 0.15) is 17.2 Å². The summed E-state index contributed by atoms with van der Waals surface area (Å²) >= 11 is 0. The van der Waals surface area contributed by atoms with E-state index in [0.717, 1.165) is 5.69 Å². The number of hydrogen-bond acceptors (Lipinski definition) is 3. The fourth-order valence-electron chi connectivity index (χ4n) is 1.62. The number of aromatic nitrogens is 2. The van der Waals surface area contributed by atoms with Gasteiger partial charge < -0.3 is 5.73 Å². The molecule has 1 aromatic heterocycles. The predicted octanol–water partition coefficient (Wildman–Crippen LogP) is 1.57. The van der Waals surface area contributed by atoms with Crippen molar-refractivity contribution >= 4 is 0 Å². The van der Waals surface area contributed by atoms with E-state index in [-0.39, 0.29) is 5.92 Å². The average Bonchev–Trinajstić information content (AvgIpc) is 2.33. The number of rotatable bonds is 3. The molecule has 3 nitrogen and oxygen atoms in total. The van der Waals surface area contributed by atoms with Crippen molar-refractivity contribution in [1.29, 1.82) is 0 Å².